The molecule has 1 fully saturated rings. The van der Waals surface area contributed by atoms with E-state index in [0.717, 1.165) is 12.8 Å². The summed E-state index contributed by atoms with van der Waals surface area (Å²) in [6.45, 7) is -0.105. The van der Waals surface area contributed by atoms with E-state index in [1.807, 2.05) is 0 Å². The number of benzene rings is 1. The summed E-state index contributed by atoms with van der Waals surface area (Å²) >= 11 is 0. The number of amides is 2. The van der Waals surface area contributed by atoms with E-state index >= 15 is 0 Å². The van der Waals surface area contributed by atoms with E-state index < -0.39 is 5.91 Å². The van der Waals surface area contributed by atoms with Crippen molar-refractivity contribution >= 4 is 11.8 Å². The molecule has 0 saturated heterocycles. The lowest BCUT2D eigenvalue weighted by Gasteiger charge is -2.08. The van der Waals surface area contributed by atoms with E-state index in [4.69, 9.17) is 4.74 Å². The van der Waals surface area contributed by atoms with Gasteiger partial charge in [0, 0.05) is 6.04 Å². The fourth-order valence-electron chi connectivity index (χ4n) is 1.59. The number of rotatable bonds is 5. The lowest BCUT2D eigenvalue weighted by molar-refractivity contribution is -0.120. The minimum absolute atomic E-state index is 0.0820. The average molecular weight is 264 g/mol. The number of aromatic hydroxyl groups is 1. The Bertz CT molecular complexity index is 497. The van der Waals surface area contributed by atoms with Gasteiger partial charge in [-0.3, -0.25) is 9.59 Å². The van der Waals surface area contributed by atoms with E-state index in [9.17, 15) is 14.7 Å². The Kier molecular flexibility index (Phi) is 3.89. The molecule has 19 heavy (non-hydrogen) atoms. The molecule has 0 radical (unpaired) electrons. The van der Waals surface area contributed by atoms with Crippen LogP contribution in [0.5, 0.6) is 11.5 Å². The zero-order chi connectivity index (χ0) is 13.8. The highest BCUT2D eigenvalue weighted by molar-refractivity contribution is 5.99. The molecule has 0 heterocycles. The van der Waals surface area contributed by atoms with Crippen LogP contribution in [0.2, 0.25) is 0 Å². The highest BCUT2D eigenvalue weighted by atomic mass is 16.5. The number of methoxy groups -OCH3 is 1. The Balaban J connectivity index is 1.92. The normalized spacial score (nSPS) is 13.7. The van der Waals surface area contributed by atoms with Crippen LogP contribution in [-0.2, 0) is 4.79 Å². The summed E-state index contributed by atoms with van der Waals surface area (Å²) in [6.07, 6.45) is 1.99. The quantitative estimate of drug-likeness (QED) is 0.718. The molecule has 2 amide bonds. The van der Waals surface area contributed by atoms with E-state index in [-0.39, 0.29) is 29.8 Å². The Morgan fingerprint density at radius 2 is 2.16 bits per heavy atom. The molecule has 0 spiro atoms. The predicted octanol–water partition coefficient (Wildman–Crippen LogP) is 0.409. The van der Waals surface area contributed by atoms with Gasteiger partial charge in [-0.2, -0.15) is 0 Å². The molecule has 0 bridgehead atoms. The average Bonchev–Trinajstić information content (AvgIpc) is 3.20. The fraction of sp³-hybridized carbons (Fsp3) is 0.385. The Morgan fingerprint density at radius 3 is 2.79 bits per heavy atom. The summed E-state index contributed by atoms with van der Waals surface area (Å²) in [5.41, 5.74) is 0.0820. The first kappa shape index (κ1) is 13.2. The second-order valence-corrected chi connectivity index (χ2v) is 4.41. The van der Waals surface area contributed by atoms with Crippen LogP contribution < -0.4 is 15.4 Å². The van der Waals surface area contributed by atoms with Gasteiger partial charge in [-0.15, -0.1) is 0 Å². The van der Waals surface area contributed by atoms with Crippen LogP contribution in [0, 0.1) is 0 Å². The van der Waals surface area contributed by atoms with Crippen LogP contribution >= 0.6 is 0 Å². The topological polar surface area (TPSA) is 87.7 Å². The summed E-state index contributed by atoms with van der Waals surface area (Å²) in [7, 11) is 1.47. The lowest BCUT2D eigenvalue weighted by atomic mass is 10.1. The van der Waals surface area contributed by atoms with Gasteiger partial charge in [-0.05, 0) is 31.0 Å². The summed E-state index contributed by atoms with van der Waals surface area (Å²) in [6, 6.07) is 4.60. The standard InChI is InChI=1S/C13H16N2O4/c1-19-9-4-5-11(16)10(6-9)13(18)14-7-12(17)15-8-2-3-8/h4-6,8,16H,2-3,7H2,1H3,(H,14,18)(H,15,17). The SMILES string of the molecule is COc1ccc(O)c(C(=O)NCC(=O)NC2CC2)c1. The van der Waals surface area contributed by atoms with Gasteiger partial charge in [0.1, 0.15) is 11.5 Å². The maximum atomic E-state index is 11.8. The van der Waals surface area contributed by atoms with Crippen molar-refractivity contribution in [2.45, 2.75) is 18.9 Å². The maximum Gasteiger partial charge on any atom is 0.255 e. The molecule has 2 rings (SSSR count). The third kappa shape index (κ3) is 3.61. The van der Waals surface area contributed by atoms with Crippen LogP contribution in [0.3, 0.4) is 0 Å². The number of ether oxygens (including phenoxy) is 1. The van der Waals surface area contributed by atoms with Gasteiger partial charge in [-0.1, -0.05) is 0 Å². The lowest BCUT2D eigenvalue weighted by Crippen LogP contribution is -2.37. The number of phenolic OH excluding ortho intramolecular Hbond substituents is 1. The Morgan fingerprint density at radius 1 is 1.42 bits per heavy atom. The van der Waals surface area contributed by atoms with E-state index in [0.29, 0.717) is 5.75 Å². The maximum absolute atomic E-state index is 11.8. The van der Waals surface area contributed by atoms with E-state index in [2.05, 4.69) is 10.6 Å². The molecule has 3 N–H and O–H groups in total. The molecular formula is C13H16N2O4. The van der Waals surface area contributed by atoms with Gasteiger partial charge in [0.15, 0.2) is 0 Å². The molecule has 0 atom stereocenters. The van der Waals surface area contributed by atoms with Crippen molar-refractivity contribution in [2.24, 2.45) is 0 Å². The zero-order valence-electron chi connectivity index (χ0n) is 10.6. The van der Waals surface area contributed by atoms with Gasteiger partial charge in [0.25, 0.3) is 5.91 Å². The molecular weight excluding hydrogens is 248 g/mol. The first-order valence-electron chi connectivity index (χ1n) is 6.04. The highest BCUT2D eigenvalue weighted by Gasteiger charge is 2.23. The largest absolute Gasteiger partial charge is 0.507 e. The Labute approximate surface area is 110 Å². The number of phenols is 1. The minimum atomic E-state index is -0.512. The number of hydrogen-bond donors (Lipinski definition) is 3. The van der Waals surface area contributed by atoms with Gasteiger partial charge in [0.2, 0.25) is 5.91 Å². The summed E-state index contributed by atoms with van der Waals surface area (Å²) in [5.74, 6) is -0.424. The monoisotopic (exact) mass is 264 g/mol. The molecule has 1 saturated carbocycles. The molecule has 102 valence electrons. The molecule has 1 aliphatic carbocycles. The van der Waals surface area contributed by atoms with Crippen molar-refractivity contribution in [3.63, 3.8) is 0 Å². The van der Waals surface area contributed by atoms with Crippen molar-refractivity contribution in [3.8, 4) is 11.5 Å². The first-order chi connectivity index (χ1) is 9.10. The van der Waals surface area contributed by atoms with Gasteiger partial charge < -0.3 is 20.5 Å². The van der Waals surface area contributed by atoms with Crippen LogP contribution in [0.1, 0.15) is 23.2 Å². The molecule has 1 aromatic rings. The number of nitrogens with one attached hydrogen (secondary N) is 2. The van der Waals surface area contributed by atoms with Gasteiger partial charge in [-0.25, -0.2) is 0 Å². The smallest absolute Gasteiger partial charge is 0.255 e. The minimum Gasteiger partial charge on any atom is -0.507 e. The van der Waals surface area contributed by atoms with Crippen LogP contribution in [0.15, 0.2) is 18.2 Å². The van der Waals surface area contributed by atoms with Crippen LogP contribution in [-0.4, -0.2) is 36.6 Å². The van der Waals surface area contributed by atoms with Crippen LogP contribution in [0.4, 0.5) is 0 Å². The molecule has 1 aliphatic rings. The molecule has 6 heteroatoms. The van der Waals surface area contributed by atoms with Crippen LogP contribution in [0.25, 0.3) is 0 Å². The molecule has 6 nitrogen and oxygen atoms in total. The predicted molar refractivity (Wildman–Crippen MR) is 68.2 cm³/mol. The molecule has 0 unspecified atom stereocenters. The second kappa shape index (κ2) is 5.60. The van der Waals surface area contributed by atoms with Crippen molar-refractivity contribution in [3.05, 3.63) is 23.8 Å². The van der Waals surface area contributed by atoms with Gasteiger partial charge >= 0.3 is 0 Å². The second-order valence-electron chi connectivity index (χ2n) is 4.41. The molecule has 0 aromatic heterocycles. The summed E-state index contributed by atoms with van der Waals surface area (Å²) in [5, 5.41) is 14.8. The number of hydrogen-bond acceptors (Lipinski definition) is 4. The van der Waals surface area contributed by atoms with E-state index in [1.165, 1.54) is 19.2 Å². The van der Waals surface area contributed by atoms with Crippen molar-refractivity contribution in [2.75, 3.05) is 13.7 Å². The molecule has 0 aliphatic heterocycles. The van der Waals surface area contributed by atoms with Crippen molar-refractivity contribution < 1.29 is 19.4 Å². The molecule has 1 aromatic carbocycles. The third-order valence-corrected chi connectivity index (χ3v) is 2.80. The first-order valence-corrected chi connectivity index (χ1v) is 6.04. The van der Waals surface area contributed by atoms with Crippen molar-refractivity contribution in [1.29, 1.82) is 0 Å². The summed E-state index contributed by atoms with van der Waals surface area (Å²) < 4.78 is 4.98. The highest BCUT2D eigenvalue weighted by Crippen LogP contribution is 2.22. The van der Waals surface area contributed by atoms with E-state index in [1.54, 1.807) is 6.07 Å². The fourth-order valence-corrected chi connectivity index (χ4v) is 1.59. The Hall–Kier alpha value is -2.24. The zero-order valence-corrected chi connectivity index (χ0v) is 10.6. The third-order valence-electron chi connectivity index (χ3n) is 2.80. The number of carbonyl (C=O) groups excluding carboxylic acids is 2. The number of carbonyl (C=O) groups is 2. The van der Waals surface area contributed by atoms with Crippen molar-refractivity contribution in [1.82, 2.24) is 10.6 Å². The summed E-state index contributed by atoms with van der Waals surface area (Å²) in [4.78, 5) is 23.3. The van der Waals surface area contributed by atoms with Gasteiger partial charge in [0.05, 0.1) is 19.2 Å².